The van der Waals surface area contributed by atoms with Gasteiger partial charge in [0.2, 0.25) is 5.91 Å². The summed E-state index contributed by atoms with van der Waals surface area (Å²) in [5.74, 6) is -0.0323. The van der Waals surface area contributed by atoms with Crippen LogP contribution < -0.4 is 10.7 Å². The zero-order valence-corrected chi connectivity index (χ0v) is 17.3. The quantitative estimate of drug-likeness (QED) is 0.331. The number of aldehydes is 2. The molecule has 0 aliphatic carbocycles. The molecular formula is C19H35N3O5. The first kappa shape index (κ1) is 25.0. The molecular weight excluding hydrogens is 350 g/mol. The smallest absolute Gasteiger partial charge is 0.422 e. The maximum Gasteiger partial charge on any atom is 0.422 e. The van der Waals surface area contributed by atoms with E-state index < -0.39 is 30.1 Å². The van der Waals surface area contributed by atoms with Crippen molar-refractivity contribution in [3.05, 3.63) is 0 Å². The van der Waals surface area contributed by atoms with Gasteiger partial charge in [-0.3, -0.25) is 4.79 Å². The number of hydrogen-bond donors (Lipinski definition) is 3. The number of nitrogens with one attached hydrogen (secondary N) is 2. The van der Waals surface area contributed by atoms with E-state index in [2.05, 4.69) is 10.7 Å². The van der Waals surface area contributed by atoms with Gasteiger partial charge in [0.15, 0.2) is 0 Å². The summed E-state index contributed by atoms with van der Waals surface area (Å²) in [6.07, 6.45) is 1.11. The van der Waals surface area contributed by atoms with Gasteiger partial charge in [-0.05, 0) is 37.0 Å². The third kappa shape index (κ3) is 10.1. The second-order valence-electron chi connectivity index (χ2n) is 8.18. The van der Waals surface area contributed by atoms with Crippen molar-refractivity contribution >= 4 is 24.6 Å². The summed E-state index contributed by atoms with van der Waals surface area (Å²) < 4.78 is 0. The highest BCUT2D eigenvalue weighted by molar-refractivity contribution is 5.85. The second kappa shape index (κ2) is 12.4. The molecule has 0 spiro atoms. The number of hydrogen-bond acceptors (Lipinski definition) is 5. The van der Waals surface area contributed by atoms with Crippen LogP contribution in [0, 0.1) is 17.8 Å². The molecule has 0 aromatic heterocycles. The Morgan fingerprint density at radius 1 is 0.889 bits per heavy atom. The van der Waals surface area contributed by atoms with E-state index in [0.717, 1.165) is 5.01 Å². The number of carboxylic acid groups (broad SMARTS) is 1. The van der Waals surface area contributed by atoms with Crippen LogP contribution in [0.2, 0.25) is 0 Å². The lowest BCUT2D eigenvalue weighted by molar-refractivity contribution is -0.128. The van der Waals surface area contributed by atoms with Gasteiger partial charge >= 0.3 is 6.09 Å². The van der Waals surface area contributed by atoms with E-state index in [1.54, 1.807) is 0 Å². The lowest BCUT2D eigenvalue weighted by Gasteiger charge is -2.32. The van der Waals surface area contributed by atoms with Gasteiger partial charge in [0, 0.05) is 0 Å². The second-order valence-corrected chi connectivity index (χ2v) is 8.18. The average molecular weight is 386 g/mol. The van der Waals surface area contributed by atoms with Crippen LogP contribution in [0.15, 0.2) is 0 Å². The predicted molar refractivity (Wildman–Crippen MR) is 103 cm³/mol. The van der Waals surface area contributed by atoms with E-state index in [-0.39, 0.29) is 17.8 Å². The minimum absolute atomic E-state index is 0.100. The van der Waals surface area contributed by atoms with Gasteiger partial charge in [-0.15, -0.1) is 0 Å². The number of hydrazine groups is 1. The van der Waals surface area contributed by atoms with Crippen molar-refractivity contribution in [2.75, 3.05) is 0 Å². The highest BCUT2D eigenvalue weighted by atomic mass is 16.4. The van der Waals surface area contributed by atoms with E-state index in [1.165, 1.54) is 0 Å². The molecule has 0 aliphatic heterocycles. The molecule has 0 bridgehead atoms. The van der Waals surface area contributed by atoms with Crippen LogP contribution in [0.5, 0.6) is 0 Å². The Kier molecular flexibility index (Phi) is 11.5. The molecule has 0 heterocycles. The molecule has 0 unspecified atom stereocenters. The van der Waals surface area contributed by atoms with Crippen molar-refractivity contribution in [3.63, 3.8) is 0 Å². The first-order valence-corrected chi connectivity index (χ1v) is 9.50. The van der Waals surface area contributed by atoms with Crippen LogP contribution in [0.1, 0.15) is 60.8 Å². The fourth-order valence-electron chi connectivity index (χ4n) is 2.79. The number of amides is 2. The van der Waals surface area contributed by atoms with Crippen molar-refractivity contribution in [2.24, 2.45) is 17.8 Å². The third-order valence-electron chi connectivity index (χ3n) is 3.94. The Balaban J connectivity index is 5.39. The van der Waals surface area contributed by atoms with Gasteiger partial charge in [0.05, 0.1) is 6.04 Å². The van der Waals surface area contributed by atoms with Crippen LogP contribution in [0.25, 0.3) is 0 Å². The predicted octanol–water partition coefficient (Wildman–Crippen LogP) is 2.23. The fourth-order valence-corrected chi connectivity index (χ4v) is 2.79. The van der Waals surface area contributed by atoms with E-state index in [9.17, 15) is 24.3 Å². The summed E-state index contributed by atoms with van der Waals surface area (Å²) in [7, 11) is 0. The van der Waals surface area contributed by atoms with Crippen LogP contribution >= 0.6 is 0 Å². The van der Waals surface area contributed by atoms with Gasteiger partial charge in [-0.1, -0.05) is 41.5 Å². The minimum Gasteiger partial charge on any atom is -0.464 e. The zero-order valence-electron chi connectivity index (χ0n) is 17.3. The maximum absolute atomic E-state index is 12.7. The zero-order chi connectivity index (χ0) is 21.1. The van der Waals surface area contributed by atoms with Crippen LogP contribution in [-0.2, 0) is 14.4 Å². The Morgan fingerprint density at radius 3 is 1.78 bits per heavy atom. The van der Waals surface area contributed by atoms with Gasteiger partial charge in [0.1, 0.15) is 24.7 Å². The van der Waals surface area contributed by atoms with Crippen molar-refractivity contribution in [3.8, 4) is 0 Å². The molecule has 3 atom stereocenters. The number of nitrogens with zero attached hydrogens (tertiary/aromatic N) is 1. The summed E-state index contributed by atoms with van der Waals surface area (Å²) in [5, 5.41) is 13.0. The molecule has 0 radical (unpaired) electrons. The Hall–Kier alpha value is -1.96. The molecule has 0 saturated carbocycles. The van der Waals surface area contributed by atoms with Crippen LogP contribution in [0.4, 0.5) is 4.79 Å². The molecule has 8 nitrogen and oxygen atoms in total. The van der Waals surface area contributed by atoms with Crippen molar-refractivity contribution in [2.45, 2.75) is 78.9 Å². The maximum atomic E-state index is 12.7. The summed E-state index contributed by atoms with van der Waals surface area (Å²) in [6.45, 7) is 11.5. The number of rotatable bonds is 13. The molecule has 156 valence electrons. The van der Waals surface area contributed by atoms with Crippen molar-refractivity contribution in [1.29, 1.82) is 0 Å². The summed E-state index contributed by atoms with van der Waals surface area (Å²) in [4.78, 5) is 47.0. The first-order valence-electron chi connectivity index (χ1n) is 9.50. The van der Waals surface area contributed by atoms with Crippen molar-refractivity contribution < 1.29 is 24.3 Å². The highest BCUT2D eigenvalue weighted by Gasteiger charge is 2.30. The van der Waals surface area contributed by atoms with Gasteiger partial charge in [-0.2, -0.15) is 0 Å². The Bertz CT molecular complexity index is 494. The molecule has 3 N–H and O–H groups in total. The highest BCUT2D eigenvalue weighted by Crippen LogP contribution is 2.12. The van der Waals surface area contributed by atoms with Gasteiger partial charge in [0.25, 0.3) is 0 Å². The molecule has 0 rings (SSSR count). The lowest BCUT2D eigenvalue weighted by Crippen LogP contribution is -2.59. The number of carbonyl (C=O) groups is 4. The van der Waals surface area contributed by atoms with E-state index in [0.29, 0.717) is 31.8 Å². The van der Waals surface area contributed by atoms with E-state index >= 15 is 0 Å². The SMILES string of the molecule is CC(C)C[C@@H](C=O)NC(=O)[C@H](CC(C)C)NN(C(=O)O)[C@H](C=O)CC(C)C. The first-order chi connectivity index (χ1) is 12.5. The van der Waals surface area contributed by atoms with E-state index in [1.807, 2.05) is 41.5 Å². The van der Waals surface area contributed by atoms with Gasteiger partial charge in [-0.25, -0.2) is 15.2 Å². The largest absolute Gasteiger partial charge is 0.464 e. The van der Waals surface area contributed by atoms with E-state index in [4.69, 9.17) is 0 Å². The third-order valence-corrected chi connectivity index (χ3v) is 3.94. The molecule has 27 heavy (non-hydrogen) atoms. The van der Waals surface area contributed by atoms with Crippen LogP contribution in [0.3, 0.4) is 0 Å². The summed E-state index contributed by atoms with van der Waals surface area (Å²) >= 11 is 0. The number of carbonyl (C=O) groups excluding carboxylic acids is 3. The van der Waals surface area contributed by atoms with Gasteiger partial charge < -0.3 is 20.0 Å². The normalized spacial score (nSPS) is 14.7. The monoisotopic (exact) mass is 385 g/mol. The molecule has 0 fully saturated rings. The molecule has 0 aromatic rings. The minimum atomic E-state index is -1.33. The Morgan fingerprint density at radius 2 is 1.41 bits per heavy atom. The average Bonchev–Trinajstić information content (AvgIpc) is 2.54. The summed E-state index contributed by atoms with van der Waals surface area (Å²) in [5.41, 5.74) is 2.70. The molecule has 0 saturated heterocycles. The van der Waals surface area contributed by atoms with Crippen LogP contribution in [-0.4, -0.2) is 52.8 Å². The lowest BCUT2D eigenvalue weighted by atomic mass is 10.0. The topological polar surface area (TPSA) is 116 Å². The van der Waals surface area contributed by atoms with Crippen molar-refractivity contribution in [1.82, 2.24) is 15.8 Å². The Labute approximate surface area is 162 Å². The standard InChI is InChI=1S/C19H35N3O5/c1-12(2)7-15(10-23)20-18(25)17(9-14(5)6)21-22(19(26)27)16(11-24)8-13(3)4/h10-17,21H,7-9H2,1-6H3,(H,20,25)(H,26,27)/t15-,16-,17-/m0/s1. The summed E-state index contributed by atoms with van der Waals surface area (Å²) in [6, 6.07) is -2.41. The fraction of sp³-hybridized carbons (Fsp3) is 0.789. The molecule has 0 aromatic carbocycles. The molecule has 2 amide bonds. The molecule has 0 aliphatic rings. The molecule has 8 heteroatoms.